The standard InChI is InChI=1S/C19H16ClFN2O/c1-12(2)19-15(4-3-11-24)18(13-5-7-14(21)8-6-13)16-9-10-17(20)23(16)22-19/h3-12H,1-2H3. The van der Waals surface area contributed by atoms with E-state index in [1.807, 2.05) is 19.9 Å². The zero-order valence-electron chi connectivity index (χ0n) is 13.3. The predicted octanol–water partition coefficient (Wildman–Crippen LogP) is 5.13. The highest BCUT2D eigenvalue weighted by molar-refractivity contribution is 6.30. The van der Waals surface area contributed by atoms with Gasteiger partial charge in [0.2, 0.25) is 0 Å². The quantitative estimate of drug-likeness (QED) is 0.486. The third kappa shape index (κ3) is 2.85. The van der Waals surface area contributed by atoms with E-state index in [0.29, 0.717) is 5.15 Å². The van der Waals surface area contributed by atoms with E-state index in [1.54, 1.807) is 28.8 Å². The highest BCUT2D eigenvalue weighted by Crippen LogP contribution is 2.35. The lowest BCUT2D eigenvalue weighted by atomic mass is 9.94. The van der Waals surface area contributed by atoms with Crippen LogP contribution in [0.25, 0.3) is 22.7 Å². The van der Waals surface area contributed by atoms with Gasteiger partial charge in [-0.25, -0.2) is 8.91 Å². The monoisotopic (exact) mass is 342 g/mol. The first kappa shape index (κ1) is 16.4. The summed E-state index contributed by atoms with van der Waals surface area (Å²) in [5.41, 5.74) is 4.18. The fourth-order valence-corrected chi connectivity index (χ4v) is 2.96. The highest BCUT2D eigenvalue weighted by atomic mass is 35.5. The summed E-state index contributed by atoms with van der Waals surface area (Å²) >= 11 is 6.26. The first-order valence-corrected chi connectivity index (χ1v) is 7.99. The van der Waals surface area contributed by atoms with Gasteiger partial charge in [0.05, 0.1) is 11.2 Å². The summed E-state index contributed by atoms with van der Waals surface area (Å²) in [6, 6.07) is 9.91. The van der Waals surface area contributed by atoms with E-state index in [2.05, 4.69) is 5.10 Å². The molecule has 0 aliphatic carbocycles. The van der Waals surface area contributed by atoms with Gasteiger partial charge < -0.3 is 0 Å². The number of rotatable bonds is 4. The molecule has 24 heavy (non-hydrogen) atoms. The first-order valence-electron chi connectivity index (χ1n) is 7.62. The molecule has 1 aromatic carbocycles. The number of hydrogen-bond donors (Lipinski definition) is 0. The number of allylic oxidation sites excluding steroid dienone is 1. The summed E-state index contributed by atoms with van der Waals surface area (Å²) in [4.78, 5) is 10.8. The molecule has 3 nitrogen and oxygen atoms in total. The van der Waals surface area contributed by atoms with E-state index in [1.165, 1.54) is 18.2 Å². The van der Waals surface area contributed by atoms with Crippen LogP contribution in [0.15, 0.2) is 42.5 Å². The molecule has 0 unspecified atom stereocenters. The number of aldehydes is 1. The summed E-state index contributed by atoms with van der Waals surface area (Å²) in [5.74, 6) is -0.176. The van der Waals surface area contributed by atoms with E-state index in [4.69, 9.17) is 11.6 Å². The van der Waals surface area contributed by atoms with E-state index in [9.17, 15) is 9.18 Å². The zero-order valence-corrected chi connectivity index (χ0v) is 14.1. The minimum Gasteiger partial charge on any atom is -0.299 e. The molecule has 2 aromatic heterocycles. The Morgan fingerprint density at radius 2 is 1.88 bits per heavy atom. The molecule has 0 amide bonds. The van der Waals surface area contributed by atoms with Crippen molar-refractivity contribution in [1.82, 2.24) is 9.61 Å². The second-order valence-electron chi connectivity index (χ2n) is 5.78. The van der Waals surface area contributed by atoms with Crippen LogP contribution in [0, 0.1) is 5.82 Å². The zero-order chi connectivity index (χ0) is 17.3. The van der Waals surface area contributed by atoms with Crippen molar-refractivity contribution in [1.29, 1.82) is 0 Å². The van der Waals surface area contributed by atoms with Gasteiger partial charge in [0.1, 0.15) is 17.3 Å². The van der Waals surface area contributed by atoms with Gasteiger partial charge in [-0.2, -0.15) is 5.10 Å². The normalized spacial score (nSPS) is 11.7. The van der Waals surface area contributed by atoms with Crippen molar-refractivity contribution in [3.05, 3.63) is 64.7 Å². The average Bonchev–Trinajstić information content (AvgIpc) is 2.93. The first-order chi connectivity index (χ1) is 11.5. The Morgan fingerprint density at radius 3 is 2.50 bits per heavy atom. The van der Waals surface area contributed by atoms with Gasteiger partial charge in [-0.1, -0.05) is 37.6 Å². The Hall–Kier alpha value is -2.46. The van der Waals surface area contributed by atoms with Gasteiger partial charge >= 0.3 is 0 Å². The van der Waals surface area contributed by atoms with Crippen LogP contribution in [-0.2, 0) is 4.79 Å². The Balaban J connectivity index is 2.43. The molecule has 5 heteroatoms. The minimum atomic E-state index is -0.300. The van der Waals surface area contributed by atoms with E-state index < -0.39 is 0 Å². The van der Waals surface area contributed by atoms with Gasteiger partial charge in [0.25, 0.3) is 0 Å². The van der Waals surface area contributed by atoms with Crippen molar-refractivity contribution in [2.24, 2.45) is 0 Å². The van der Waals surface area contributed by atoms with Crippen LogP contribution in [0.3, 0.4) is 0 Å². The molecule has 3 aromatic rings. The molecule has 0 aliphatic heterocycles. The lowest BCUT2D eigenvalue weighted by Gasteiger charge is -2.16. The molecule has 0 atom stereocenters. The second-order valence-corrected chi connectivity index (χ2v) is 6.17. The van der Waals surface area contributed by atoms with Crippen LogP contribution in [-0.4, -0.2) is 15.9 Å². The third-order valence-corrected chi connectivity index (χ3v) is 4.13. The fourth-order valence-electron chi connectivity index (χ4n) is 2.77. The van der Waals surface area contributed by atoms with Crippen LogP contribution in [0.4, 0.5) is 4.39 Å². The molecule has 122 valence electrons. The number of halogens is 2. The summed E-state index contributed by atoms with van der Waals surface area (Å²) < 4.78 is 15.0. The van der Waals surface area contributed by atoms with Crippen LogP contribution in [0.2, 0.25) is 5.15 Å². The summed E-state index contributed by atoms with van der Waals surface area (Å²) in [6.07, 6.45) is 3.92. The van der Waals surface area contributed by atoms with Crippen molar-refractivity contribution in [3.63, 3.8) is 0 Å². The Morgan fingerprint density at radius 1 is 1.17 bits per heavy atom. The van der Waals surface area contributed by atoms with Crippen LogP contribution < -0.4 is 0 Å². The Labute approximate surface area is 144 Å². The van der Waals surface area contributed by atoms with E-state index in [-0.39, 0.29) is 11.7 Å². The lowest BCUT2D eigenvalue weighted by Crippen LogP contribution is -2.06. The van der Waals surface area contributed by atoms with Crippen molar-refractivity contribution in [3.8, 4) is 11.1 Å². The van der Waals surface area contributed by atoms with Gasteiger partial charge in [-0.15, -0.1) is 0 Å². The number of nitrogens with zero attached hydrogens (tertiary/aromatic N) is 2. The number of aromatic nitrogens is 2. The maximum atomic E-state index is 13.3. The molecule has 0 spiro atoms. The minimum absolute atomic E-state index is 0.123. The maximum Gasteiger partial charge on any atom is 0.142 e. The predicted molar refractivity (Wildman–Crippen MR) is 94.8 cm³/mol. The number of benzene rings is 1. The molecule has 0 saturated carbocycles. The second kappa shape index (κ2) is 6.57. The average molecular weight is 343 g/mol. The molecule has 2 heterocycles. The van der Waals surface area contributed by atoms with Crippen LogP contribution in [0.1, 0.15) is 31.0 Å². The largest absolute Gasteiger partial charge is 0.299 e. The van der Waals surface area contributed by atoms with Crippen molar-refractivity contribution < 1.29 is 9.18 Å². The van der Waals surface area contributed by atoms with Gasteiger partial charge in [0, 0.05) is 11.1 Å². The smallest absolute Gasteiger partial charge is 0.142 e. The van der Waals surface area contributed by atoms with Gasteiger partial charge in [-0.3, -0.25) is 4.79 Å². The molecule has 0 fully saturated rings. The summed E-state index contributed by atoms with van der Waals surface area (Å²) in [7, 11) is 0. The van der Waals surface area contributed by atoms with Crippen molar-refractivity contribution in [2.75, 3.05) is 0 Å². The third-order valence-electron chi connectivity index (χ3n) is 3.84. The van der Waals surface area contributed by atoms with Crippen LogP contribution in [0.5, 0.6) is 0 Å². The Kier molecular flexibility index (Phi) is 4.49. The number of carbonyl (C=O) groups excluding carboxylic acids is 1. The number of hydrogen-bond acceptors (Lipinski definition) is 2. The maximum absolute atomic E-state index is 13.3. The van der Waals surface area contributed by atoms with E-state index >= 15 is 0 Å². The van der Waals surface area contributed by atoms with Crippen molar-refractivity contribution in [2.45, 2.75) is 19.8 Å². The molecule has 0 aliphatic rings. The number of fused-ring (bicyclic) bond motifs is 1. The van der Waals surface area contributed by atoms with E-state index in [0.717, 1.165) is 34.2 Å². The van der Waals surface area contributed by atoms with Crippen LogP contribution >= 0.6 is 11.6 Å². The van der Waals surface area contributed by atoms with Gasteiger partial charge in [0.15, 0.2) is 0 Å². The number of carbonyl (C=O) groups is 1. The SMILES string of the molecule is CC(C)c1nn2c(Cl)ccc2c(-c2ccc(F)cc2)c1C=CC=O. The molecule has 0 bridgehead atoms. The Bertz CT molecular complexity index is 927. The molecule has 0 N–H and O–H groups in total. The topological polar surface area (TPSA) is 34.4 Å². The molecule has 0 saturated heterocycles. The molecule has 0 radical (unpaired) electrons. The fraction of sp³-hybridized carbons (Fsp3) is 0.158. The summed E-state index contributed by atoms with van der Waals surface area (Å²) in [5, 5.41) is 5.14. The highest BCUT2D eigenvalue weighted by Gasteiger charge is 2.18. The van der Waals surface area contributed by atoms with Crippen molar-refractivity contribution >= 4 is 29.5 Å². The molecule has 3 rings (SSSR count). The summed E-state index contributed by atoms with van der Waals surface area (Å²) in [6.45, 7) is 4.05. The lowest BCUT2D eigenvalue weighted by molar-refractivity contribution is -0.104. The van der Waals surface area contributed by atoms with Gasteiger partial charge in [-0.05, 0) is 47.9 Å². The molecular formula is C19H16ClFN2O. The molecular weight excluding hydrogens is 327 g/mol.